The summed E-state index contributed by atoms with van der Waals surface area (Å²) >= 11 is 0. The normalized spacial score (nSPS) is 20.8. The van der Waals surface area contributed by atoms with Crippen LogP contribution in [0, 0.1) is 5.92 Å². The van der Waals surface area contributed by atoms with Crippen LogP contribution in [0.2, 0.25) is 0 Å². The van der Waals surface area contributed by atoms with Crippen molar-refractivity contribution in [2.75, 3.05) is 39.3 Å². The van der Waals surface area contributed by atoms with Crippen LogP contribution >= 0.6 is 0 Å². The molecule has 0 aromatic carbocycles. The van der Waals surface area contributed by atoms with E-state index in [1.807, 2.05) is 0 Å². The van der Waals surface area contributed by atoms with Gasteiger partial charge in [0.15, 0.2) is 5.96 Å². The molecule has 19 heavy (non-hydrogen) atoms. The Hall–Kier alpha value is -0.770. The molecule has 2 fully saturated rings. The van der Waals surface area contributed by atoms with Gasteiger partial charge in [0, 0.05) is 19.6 Å². The summed E-state index contributed by atoms with van der Waals surface area (Å²) in [6, 6.07) is 0. The first kappa shape index (κ1) is 14.6. The topological polar surface area (TPSA) is 39.7 Å². The first-order chi connectivity index (χ1) is 9.38. The fourth-order valence-electron chi connectivity index (χ4n) is 2.54. The highest BCUT2D eigenvalue weighted by Gasteiger charge is 2.20. The summed E-state index contributed by atoms with van der Waals surface area (Å²) in [4.78, 5) is 7.22. The Balaban J connectivity index is 1.52. The molecule has 0 atom stereocenters. The van der Waals surface area contributed by atoms with E-state index in [9.17, 15) is 0 Å². The Morgan fingerprint density at radius 3 is 2.63 bits per heavy atom. The zero-order valence-electron chi connectivity index (χ0n) is 12.5. The zero-order valence-corrected chi connectivity index (χ0v) is 12.5. The van der Waals surface area contributed by atoms with E-state index < -0.39 is 0 Å². The third-order valence-corrected chi connectivity index (χ3v) is 3.94. The largest absolute Gasteiger partial charge is 0.357 e. The summed E-state index contributed by atoms with van der Waals surface area (Å²) in [5.74, 6) is 1.88. The molecule has 110 valence electrons. The van der Waals surface area contributed by atoms with Gasteiger partial charge in [-0.1, -0.05) is 0 Å². The standard InChI is InChI=1S/C15H30N4/c1-2-16-15(18-13-14-7-8-14)17-9-3-4-10-19-11-5-6-12-19/h14H,2-13H2,1H3,(H2,16,17,18). The van der Waals surface area contributed by atoms with Crippen molar-refractivity contribution in [2.24, 2.45) is 10.9 Å². The number of nitrogens with one attached hydrogen (secondary N) is 2. The lowest BCUT2D eigenvalue weighted by Crippen LogP contribution is -2.38. The van der Waals surface area contributed by atoms with E-state index in [-0.39, 0.29) is 0 Å². The molecule has 1 saturated carbocycles. The maximum atomic E-state index is 4.63. The van der Waals surface area contributed by atoms with Crippen LogP contribution in [-0.2, 0) is 0 Å². The van der Waals surface area contributed by atoms with Crippen LogP contribution in [0.4, 0.5) is 0 Å². The van der Waals surface area contributed by atoms with E-state index >= 15 is 0 Å². The average Bonchev–Trinajstić information content (AvgIpc) is 3.10. The highest BCUT2D eigenvalue weighted by atomic mass is 15.2. The average molecular weight is 266 g/mol. The number of guanidine groups is 1. The first-order valence-corrected chi connectivity index (χ1v) is 8.13. The van der Waals surface area contributed by atoms with Gasteiger partial charge in [0.25, 0.3) is 0 Å². The minimum Gasteiger partial charge on any atom is -0.357 e. The van der Waals surface area contributed by atoms with E-state index in [0.29, 0.717) is 0 Å². The van der Waals surface area contributed by atoms with Gasteiger partial charge >= 0.3 is 0 Å². The van der Waals surface area contributed by atoms with Crippen molar-refractivity contribution >= 4 is 5.96 Å². The van der Waals surface area contributed by atoms with Gasteiger partial charge in [0.2, 0.25) is 0 Å². The van der Waals surface area contributed by atoms with Crippen molar-refractivity contribution in [3.05, 3.63) is 0 Å². The molecule has 4 nitrogen and oxygen atoms in total. The molecule has 1 saturated heterocycles. The molecule has 1 aliphatic carbocycles. The van der Waals surface area contributed by atoms with Crippen LogP contribution in [-0.4, -0.2) is 50.1 Å². The highest BCUT2D eigenvalue weighted by Crippen LogP contribution is 2.28. The minimum absolute atomic E-state index is 0.866. The Morgan fingerprint density at radius 2 is 1.95 bits per heavy atom. The van der Waals surface area contributed by atoms with E-state index in [1.54, 1.807) is 0 Å². The Kier molecular flexibility index (Phi) is 6.48. The number of unbranched alkanes of at least 4 members (excludes halogenated alkanes) is 1. The second-order valence-corrected chi connectivity index (χ2v) is 5.85. The second kappa shape index (κ2) is 8.41. The van der Waals surface area contributed by atoms with E-state index in [2.05, 4.69) is 27.4 Å². The fraction of sp³-hybridized carbons (Fsp3) is 0.933. The van der Waals surface area contributed by atoms with Gasteiger partial charge in [-0.3, -0.25) is 4.99 Å². The molecule has 0 unspecified atom stereocenters. The maximum Gasteiger partial charge on any atom is 0.191 e. The quantitative estimate of drug-likeness (QED) is 0.400. The summed E-state index contributed by atoms with van der Waals surface area (Å²) in [6.07, 6.45) is 8.09. The van der Waals surface area contributed by atoms with E-state index in [1.165, 1.54) is 58.2 Å². The Morgan fingerprint density at radius 1 is 1.16 bits per heavy atom. The molecule has 1 aliphatic heterocycles. The minimum atomic E-state index is 0.866. The summed E-state index contributed by atoms with van der Waals surface area (Å²) in [5, 5.41) is 6.78. The maximum absolute atomic E-state index is 4.63. The number of hydrogen-bond donors (Lipinski definition) is 2. The summed E-state index contributed by atoms with van der Waals surface area (Å²) in [6.45, 7) is 9.04. The van der Waals surface area contributed by atoms with Crippen LogP contribution in [0.15, 0.2) is 4.99 Å². The van der Waals surface area contributed by atoms with Crippen LogP contribution in [0.3, 0.4) is 0 Å². The lowest BCUT2D eigenvalue weighted by atomic mass is 10.3. The molecule has 0 aromatic rings. The van der Waals surface area contributed by atoms with Gasteiger partial charge in [-0.05, 0) is 71.0 Å². The van der Waals surface area contributed by atoms with Gasteiger partial charge in [0.1, 0.15) is 0 Å². The molecule has 0 bridgehead atoms. The lowest BCUT2D eigenvalue weighted by Gasteiger charge is -2.15. The highest BCUT2D eigenvalue weighted by molar-refractivity contribution is 5.79. The number of likely N-dealkylation sites (tertiary alicyclic amines) is 1. The zero-order chi connectivity index (χ0) is 13.3. The molecule has 1 heterocycles. The van der Waals surface area contributed by atoms with Crippen molar-refractivity contribution in [2.45, 2.75) is 45.4 Å². The molecular weight excluding hydrogens is 236 g/mol. The summed E-state index contributed by atoms with van der Waals surface area (Å²) in [5.41, 5.74) is 0. The monoisotopic (exact) mass is 266 g/mol. The van der Waals surface area contributed by atoms with Crippen LogP contribution in [0.25, 0.3) is 0 Å². The lowest BCUT2D eigenvalue weighted by molar-refractivity contribution is 0.330. The SMILES string of the molecule is CCNC(=NCC1CC1)NCCCCN1CCCC1. The smallest absolute Gasteiger partial charge is 0.191 e. The van der Waals surface area contributed by atoms with Gasteiger partial charge in [-0.15, -0.1) is 0 Å². The molecule has 2 N–H and O–H groups in total. The molecule has 2 rings (SSSR count). The van der Waals surface area contributed by atoms with Gasteiger partial charge in [-0.25, -0.2) is 0 Å². The number of rotatable bonds is 8. The molecule has 0 radical (unpaired) electrons. The van der Waals surface area contributed by atoms with Crippen LogP contribution in [0.5, 0.6) is 0 Å². The van der Waals surface area contributed by atoms with E-state index in [4.69, 9.17) is 0 Å². The number of aliphatic imine (C=N–C) groups is 1. The number of hydrogen-bond acceptors (Lipinski definition) is 2. The van der Waals surface area contributed by atoms with Crippen molar-refractivity contribution in [1.82, 2.24) is 15.5 Å². The van der Waals surface area contributed by atoms with Gasteiger partial charge < -0.3 is 15.5 Å². The molecule has 0 aromatic heterocycles. The first-order valence-electron chi connectivity index (χ1n) is 8.13. The summed E-state index contributed by atoms with van der Waals surface area (Å²) < 4.78 is 0. The third kappa shape index (κ3) is 6.28. The van der Waals surface area contributed by atoms with Crippen LogP contribution in [0.1, 0.15) is 45.4 Å². The molecule has 0 amide bonds. The van der Waals surface area contributed by atoms with Crippen molar-refractivity contribution < 1.29 is 0 Å². The third-order valence-electron chi connectivity index (χ3n) is 3.94. The van der Waals surface area contributed by atoms with Gasteiger partial charge in [0.05, 0.1) is 0 Å². The second-order valence-electron chi connectivity index (χ2n) is 5.85. The van der Waals surface area contributed by atoms with Crippen LogP contribution < -0.4 is 10.6 Å². The summed E-state index contributed by atoms with van der Waals surface area (Å²) in [7, 11) is 0. The Labute approximate surface area is 118 Å². The number of nitrogens with zero attached hydrogens (tertiary/aromatic N) is 2. The van der Waals surface area contributed by atoms with Crippen molar-refractivity contribution in [3.63, 3.8) is 0 Å². The predicted molar refractivity (Wildman–Crippen MR) is 81.6 cm³/mol. The molecule has 4 heteroatoms. The molecule has 0 spiro atoms. The van der Waals surface area contributed by atoms with Crippen molar-refractivity contribution in [1.29, 1.82) is 0 Å². The predicted octanol–water partition coefficient (Wildman–Crippen LogP) is 1.83. The molecule has 2 aliphatic rings. The Bertz CT molecular complexity index is 267. The van der Waals surface area contributed by atoms with E-state index in [0.717, 1.165) is 31.5 Å². The fourth-order valence-corrected chi connectivity index (χ4v) is 2.54. The molecular formula is C15H30N4. The van der Waals surface area contributed by atoms with Crippen molar-refractivity contribution in [3.8, 4) is 0 Å². The van der Waals surface area contributed by atoms with Gasteiger partial charge in [-0.2, -0.15) is 0 Å².